The predicted octanol–water partition coefficient (Wildman–Crippen LogP) is 11.3. The predicted molar refractivity (Wildman–Crippen MR) is 158 cm³/mol. The Morgan fingerprint density at radius 1 is 1.00 bits per heavy atom. The molecular weight excluding hydrogens is 424 g/mol. The van der Waals surface area contributed by atoms with Crippen molar-refractivity contribution in [3.05, 3.63) is 57.9 Å². The lowest BCUT2D eigenvalue weighted by molar-refractivity contribution is 0.396. The van der Waals surface area contributed by atoms with Crippen molar-refractivity contribution in [3.63, 3.8) is 0 Å². The van der Waals surface area contributed by atoms with Gasteiger partial charge in [-0.05, 0) is 97.8 Å². The van der Waals surface area contributed by atoms with E-state index in [1.165, 1.54) is 48.0 Å². The van der Waals surface area contributed by atoms with Gasteiger partial charge in [-0.1, -0.05) is 105 Å². The summed E-state index contributed by atoms with van der Waals surface area (Å²) in [5.74, 6) is 1.89. The molecule has 2 atom stereocenters. The monoisotopic (exact) mass is 482 g/mol. The zero-order valence-corrected chi connectivity index (χ0v) is 25.4. The van der Waals surface area contributed by atoms with Crippen LogP contribution < -0.4 is 0 Å². The Balaban J connectivity index is 3.71. The molecule has 0 aromatic carbocycles. The molecule has 0 radical (unpaired) electrons. The molecule has 0 bridgehead atoms. The zero-order valence-electron chi connectivity index (χ0n) is 25.4. The minimum Gasteiger partial charge on any atom is -0.512 e. The Morgan fingerprint density at radius 3 is 2.03 bits per heavy atom. The number of aliphatic hydroxyl groups is 1. The van der Waals surface area contributed by atoms with Gasteiger partial charge >= 0.3 is 0 Å². The van der Waals surface area contributed by atoms with Crippen LogP contribution in [0.3, 0.4) is 0 Å². The Hall–Kier alpha value is -1.50. The van der Waals surface area contributed by atoms with Crippen molar-refractivity contribution in [2.24, 2.45) is 28.6 Å². The highest BCUT2D eigenvalue weighted by molar-refractivity contribution is 5.46. The highest BCUT2D eigenvalue weighted by atomic mass is 16.3. The fraction of sp³-hybridized carbons (Fsp3) is 0.706. The topological polar surface area (TPSA) is 20.2 Å². The maximum absolute atomic E-state index is 11.1. The van der Waals surface area contributed by atoms with Gasteiger partial charge in [-0.2, -0.15) is 0 Å². The van der Waals surface area contributed by atoms with E-state index in [4.69, 9.17) is 0 Å². The molecule has 35 heavy (non-hydrogen) atoms. The third kappa shape index (κ3) is 11.9. The number of hydrogen-bond acceptors (Lipinski definition) is 1. The molecule has 0 amide bonds. The highest BCUT2D eigenvalue weighted by Crippen LogP contribution is 2.48. The van der Waals surface area contributed by atoms with Gasteiger partial charge in [-0.25, -0.2) is 0 Å². The molecule has 1 N–H and O–H groups in total. The lowest BCUT2D eigenvalue weighted by Crippen LogP contribution is -2.16. The van der Waals surface area contributed by atoms with Crippen LogP contribution in [0.5, 0.6) is 0 Å². The SMILES string of the molecule is CCCCC(=C/C(=C(\C)O)C(C(=C/C(C)CC)/C(C)=C(\C)CC(C)(C)C)C1CC1)/C=C/C(C)(C)C. The fourth-order valence-electron chi connectivity index (χ4n) is 4.73. The molecular formula is C34H58O. The van der Waals surface area contributed by atoms with E-state index in [0.717, 1.165) is 24.8 Å². The molecule has 1 nitrogen and oxygen atoms in total. The van der Waals surface area contributed by atoms with Gasteiger partial charge in [-0.3, -0.25) is 0 Å². The van der Waals surface area contributed by atoms with Gasteiger partial charge in [0.05, 0.1) is 5.76 Å². The summed E-state index contributed by atoms with van der Waals surface area (Å²) in [6.07, 6.45) is 17.6. The van der Waals surface area contributed by atoms with Crippen LogP contribution >= 0.6 is 0 Å². The van der Waals surface area contributed by atoms with Gasteiger partial charge in [0.25, 0.3) is 0 Å². The molecule has 1 heteroatoms. The molecule has 1 aliphatic rings. The summed E-state index contributed by atoms with van der Waals surface area (Å²) in [4.78, 5) is 0. The Bertz CT molecular complexity index is 821. The summed E-state index contributed by atoms with van der Waals surface area (Å²) in [5.41, 5.74) is 7.25. The second kappa shape index (κ2) is 13.7. The van der Waals surface area contributed by atoms with E-state index in [2.05, 4.69) is 100 Å². The van der Waals surface area contributed by atoms with Crippen molar-refractivity contribution < 1.29 is 5.11 Å². The molecule has 200 valence electrons. The van der Waals surface area contributed by atoms with Crippen molar-refractivity contribution in [2.45, 2.75) is 128 Å². The van der Waals surface area contributed by atoms with Gasteiger partial charge < -0.3 is 5.11 Å². The number of rotatable bonds is 12. The van der Waals surface area contributed by atoms with Gasteiger partial charge in [0.15, 0.2) is 0 Å². The van der Waals surface area contributed by atoms with E-state index in [1.54, 1.807) is 0 Å². The molecule has 1 rings (SSSR count). The van der Waals surface area contributed by atoms with Gasteiger partial charge in [0.1, 0.15) is 0 Å². The van der Waals surface area contributed by atoms with E-state index >= 15 is 0 Å². The number of aliphatic hydroxyl groups excluding tert-OH is 1. The summed E-state index contributed by atoms with van der Waals surface area (Å²) in [7, 11) is 0. The van der Waals surface area contributed by atoms with E-state index < -0.39 is 0 Å². The van der Waals surface area contributed by atoms with Crippen molar-refractivity contribution >= 4 is 0 Å². The molecule has 0 spiro atoms. The highest BCUT2D eigenvalue weighted by Gasteiger charge is 2.37. The van der Waals surface area contributed by atoms with E-state index in [-0.39, 0.29) is 16.7 Å². The lowest BCUT2D eigenvalue weighted by atomic mass is 9.77. The summed E-state index contributed by atoms with van der Waals surface area (Å²) in [6, 6.07) is 0. The van der Waals surface area contributed by atoms with Crippen LogP contribution in [0, 0.1) is 28.6 Å². The Morgan fingerprint density at radius 2 is 1.60 bits per heavy atom. The lowest BCUT2D eigenvalue weighted by Gasteiger charge is -2.28. The number of hydrogen-bond donors (Lipinski definition) is 1. The molecule has 2 unspecified atom stereocenters. The average molecular weight is 483 g/mol. The Kier molecular flexibility index (Phi) is 12.4. The first-order valence-corrected chi connectivity index (χ1v) is 14.3. The molecule has 0 aromatic rings. The zero-order chi connectivity index (χ0) is 27.0. The standard InChI is InChI=1S/C34H58O/c1-13-15-16-28(19-20-33(7,8)9)22-31(27(6)35)32(29-17-18-29)30(21-24(3)14-2)26(5)25(4)23-34(10,11)12/h19-22,24,29,32,35H,13-18,23H2,1-12H3/b20-19+,26-25+,28-22-,30-21+,31-27-. The first-order chi connectivity index (χ1) is 16.1. The van der Waals surface area contributed by atoms with Crippen molar-refractivity contribution in [3.8, 4) is 0 Å². The van der Waals surface area contributed by atoms with E-state index in [1.807, 2.05) is 6.92 Å². The third-order valence-electron chi connectivity index (χ3n) is 7.12. The quantitative estimate of drug-likeness (QED) is 0.216. The summed E-state index contributed by atoms with van der Waals surface area (Å²) < 4.78 is 0. The summed E-state index contributed by atoms with van der Waals surface area (Å²) in [5, 5.41) is 11.1. The maximum Gasteiger partial charge on any atom is 0.0930 e. The number of unbranched alkanes of at least 4 members (excludes halogenated alkanes) is 1. The normalized spacial score (nSPS) is 19.5. The van der Waals surface area contributed by atoms with Crippen molar-refractivity contribution in [1.82, 2.24) is 0 Å². The second-order valence-corrected chi connectivity index (χ2v) is 13.5. The smallest absolute Gasteiger partial charge is 0.0930 e. The van der Waals surface area contributed by atoms with Crippen LogP contribution in [-0.2, 0) is 0 Å². The summed E-state index contributed by atoms with van der Waals surface area (Å²) in [6.45, 7) is 27.1. The first kappa shape index (κ1) is 31.5. The van der Waals surface area contributed by atoms with E-state index in [0.29, 0.717) is 17.6 Å². The number of allylic oxidation sites excluding steroid dienone is 10. The second-order valence-electron chi connectivity index (χ2n) is 13.5. The molecule has 0 saturated heterocycles. The first-order valence-electron chi connectivity index (χ1n) is 14.3. The molecule has 1 fully saturated rings. The minimum absolute atomic E-state index is 0.143. The van der Waals surface area contributed by atoms with Gasteiger partial charge in [0.2, 0.25) is 0 Å². The van der Waals surface area contributed by atoms with Gasteiger partial charge in [-0.15, -0.1) is 0 Å². The van der Waals surface area contributed by atoms with Gasteiger partial charge in [0, 0.05) is 5.92 Å². The van der Waals surface area contributed by atoms with Crippen LogP contribution in [0.4, 0.5) is 0 Å². The molecule has 0 aliphatic heterocycles. The molecule has 0 aromatic heterocycles. The molecule has 1 saturated carbocycles. The molecule has 1 aliphatic carbocycles. The molecule has 0 heterocycles. The van der Waals surface area contributed by atoms with Crippen molar-refractivity contribution in [2.75, 3.05) is 0 Å². The van der Waals surface area contributed by atoms with Crippen LogP contribution in [0.25, 0.3) is 0 Å². The van der Waals surface area contributed by atoms with E-state index in [9.17, 15) is 5.11 Å². The third-order valence-corrected chi connectivity index (χ3v) is 7.12. The minimum atomic E-state index is 0.143. The van der Waals surface area contributed by atoms with Crippen LogP contribution in [0.2, 0.25) is 0 Å². The maximum atomic E-state index is 11.1. The van der Waals surface area contributed by atoms with Crippen LogP contribution in [-0.4, -0.2) is 5.11 Å². The van der Waals surface area contributed by atoms with Crippen molar-refractivity contribution in [1.29, 1.82) is 0 Å². The van der Waals surface area contributed by atoms with Crippen LogP contribution in [0.1, 0.15) is 128 Å². The largest absolute Gasteiger partial charge is 0.512 e. The summed E-state index contributed by atoms with van der Waals surface area (Å²) >= 11 is 0. The fourth-order valence-corrected chi connectivity index (χ4v) is 4.73. The average Bonchev–Trinajstić information content (AvgIpc) is 3.56. The van der Waals surface area contributed by atoms with Crippen LogP contribution in [0.15, 0.2) is 57.9 Å². The Labute approximate surface area is 219 Å².